The molecule has 1 aliphatic rings. The third-order valence-corrected chi connectivity index (χ3v) is 5.19. The summed E-state index contributed by atoms with van der Waals surface area (Å²) >= 11 is 1.72. The second-order valence-electron chi connectivity index (χ2n) is 6.51. The zero-order valence-electron chi connectivity index (χ0n) is 13.6. The molecule has 0 fully saturated rings. The average Bonchev–Trinajstić information content (AvgIpc) is 3.10. The van der Waals surface area contributed by atoms with Crippen molar-refractivity contribution in [1.82, 2.24) is 19.9 Å². The maximum absolute atomic E-state index is 4.76. The van der Waals surface area contributed by atoms with E-state index in [1.54, 1.807) is 17.7 Å². The Balaban J connectivity index is 1.67. The molecule has 4 rings (SSSR count). The Bertz CT molecular complexity index is 871. The van der Waals surface area contributed by atoms with Crippen molar-refractivity contribution in [3.05, 3.63) is 40.5 Å². The van der Waals surface area contributed by atoms with E-state index in [4.69, 9.17) is 4.98 Å². The summed E-state index contributed by atoms with van der Waals surface area (Å²) in [6.07, 6.45) is 4.57. The number of rotatable bonds is 3. The number of aromatic nitrogens is 4. The van der Waals surface area contributed by atoms with Gasteiger partial charge < -0.3 is 4.90 Å². The quantitative estimate of drug-likeness (QED) is 0.737. The van der Waals surface area contributed by atoms with Crippen molar-refractivity contribution >= 4 is 27.4 Å². The number of aryl methyl sites for hydroxylation is 1. The lowest BCUT2D eigenvalue weighted by Gasteiger charge is -2.16. The van der Waals surface area contributed by atoms with Gasteiger partial charge >= 0.3 is 0 Å². The predicted molar refractivity (Wildman–Crippen MR) is 92.6 cm³/mol. The van der Waals surface area contributed by atoms with Crippen molar-refractivity contribution in [3.63, 3.8) is 0 Å². The molecule has 3 aromatic heterocycles. The third-order valence-electron chi connectivity index (χ3n) is 4.11. The van der Waals surface area contributed by atoms with Crippen molar-refractivity contribution in [2.24, 2.45) is 5.92 Å². The highest BCUT2D eigenvalue weighted by Crippen LogP contribution is 2.34. The second-order valence-corrected chi connectivity index (χ2v) is 7.39. The molecule has 6 heteroatoms. The van der Waals surface area contributed by atoms with Gasteiger partial charge in [-0.2, -0.15) is 0 Å². The Kier molecular flexibility index (Phi) is 3.49. The smallest absolute Gasteiger partial charge is 0.150 e. The number of thiophene rings is 1. The van der Waals surface area contributed by atoms with Crippen LogP contribution in [0.25, 0.3) is 10.2 Å². The fourth-order valence-electron chi connectivity index (χ4n) is 2.99. The van der Waals surface area contributed by atoms with Gasteiger partial charge in [0.2, 0.25) is 0 Å². The summed E-state index contributed by atoms with van der Waals surface area (Å²) in [7, 11) is 0. The summed E-state index contributed by atoms with van der Waals surface area (Å²) in [6, 6.07) is 0. The molecule has 0 saturated carbocycles. The number of nitrogens with zero attached hydrogens (tertiary/aromatic N) is 5. The summed E-state index contributed by atoms with van der Waals surface area (Å²) in [6.45, 7) is 8.10. The van der Waals surface area contributed by atoms with Crippen LogP contribution in [0.2, 0.25) is 0 Å². The highest BCUT2D eigenvalue weighted by molar-refractivity contribution is 7.18. The molecule has 0 aromatic carbocycles. The van der Waals surface area contributed by atoms with E-state index in [0.29, 0.717) is 5.92 Å². The molecule has 118 valence electrons. The molecule has 1 aliphatic heterocycles. The molecular weight excluding hydrogens is 306 g/mol. The molecule has 0 unspecified atom stereocenters. The Morgan fingerprint density at radius 3 is 2.91 bits per heavy atom. The molecular formula is C17H19N5S. The van der Waals surface area contributed by atoms with Crippen LogP contribution in [0, 0.1) is 12.8 Å². The number of anilines is 1. The molecule has 0 spiro atoms. The zero-order valence-corrected chi connectivity index (χ0v) is 14.4. The van der Waals surface area contributed by atoms with Gasteiger partial charge in [0, 0.05) is 24.7 Å². The van der Waals surface area contributed by atoms with Crippen LogP contribution in [-0.4, -0.2) is 19.9 Å². The summed E-state index contributed by atoms with van der Waals surface area (Å²) in [5.74, 6) is 2.53. The standard InChI is InChI=1S/C17H19N5S/c1-10(2)4-14-18-5-12-6-22(7-13(12)21-14)17-16-15(19-9-20-17)11(3)8-23-16/h5,8-10H,4,6-7H2,1-3H3. The zero-order chi connectivity index (χ0) is 16.0. The lowest BCUT2D eigenvalue weighted by molar-refractivity contribution is 0.617. The van der Waals surface area contributed by atoms with Gasteiger partial charge in [-0.3, -0.25) is 0 Å². The fraction of sp³-hybridized carbons (Fsp3) is 0.412. The van der Waals surface area contributed by atoms with Gasteiger partial charge in [0.25, 0.3) is 0 Å². The molecule has 0 atom stereocenters. The summed E-state index contributed by atoms with van der Waals surface area (Å²) in [5, 5.41) is 2.15. The van der Waals surface area contributed by atoms with Crippen molar-refractivity contribution in [1.29, 1.82) is 0 Å². The number of hydrogen-bond acceptors (Lipinski definition) is 6. The monoisotopic (exact) mass is 325 g/mol. The lowest BCUT2D eigenvalue weighted by atomic mass is 10.1. The van der Waals surface area contributed by atoms with Gasteiger partial charge in [-0.15, -0.1) is 11.3 Å². The Morgan fingerprint density at radius 2 is 2.09 bits per heavy atom. The minimum atomic E-state index is 0.570. The van der Waals surface area contributed by atoms with Crippen molar-refractivity contribution in [2.75, 3.05) is 4.90 Å². The van der Waals surface area contributed by atoms with E-state index < -0.39 is 0 Å². The maximum atomic E-state index is 4.76. The van der Waals surface area contributed by atoms with Crippen LogP contribution in [0.15, 0.2) is 17.9 Å². The van der Waals surface area contributed by atoms with E-state index in [0.717, 1.165) is 47.1 Å². The molecule has 0 radical (unpaired) electrons. The summed E-state index contributed by atoms with van der Waals surface area (Å²) < 4.78 is 1.16. The van der Waals surface area contributed by atoms with Crippen LogP contribution in [0.1, 0.15) is 36.5 Å². The Labute approximate surface area is 139 Å². The van der Waals surface area contributed by atoms with Gasteiger partial charge in [-0.1, -0.05) is 13.8 Å². The minimum absolute atomic E-state index is 0.570. The van der Waals surface area contributed by atoms with E-state index in [2.05, 4.69) is 46.0 Å². The highest BCUT2D eigenvalue weighted by Gasteiger charge is 2.24. The topological polar surface area (TPSA) is 54.8 Å². The van der Waals surface area contributed by atoms with E-state index >= 15 is 0 Å². The number of hydrogen-bond donors (Lipinski definition) is 0. The molecule has 0 saturated heterocycles. The molecule has 5 nitrogen and oxygen atoms in total. The van der Waals surface area contributed by atoms with E-state index in [9.17, 15) is 0 Å². The van der Waals surface area contributed by atoms with Crippen LogP contribution >= 0.6 is 11.3 Å². The largest absolute Gasteiger partial charge is 0.345 e. The SMILES string of the molecule is Cc1csc2c(N3Cc4cnc(CC(C)C)nc4C3)ncnc12. The second kappa shape index (κ2) is 5.53. The van der Waals surface area contributed by atoms with Crippen LogP contribution < -0.4 is 4.90 Å². The minimum Gasteiger partial charge on any atom is -0.345 e. The first-order valence-corrected chi connectivity index (χ1v) is 8.77. The van der Waals surface area contributed by atoms with Gasteiger partial charge in [-0.05, 0) is 23.8 Å². The maximum Gasteiger partial charge on any atom is 0.150 e. The molecule has 0 aliphatic carbocycles. The summed E-state index contributed by atoms with van der Waals surface area (Å²) in [4.78, 5) is 20.5. The number of fused-ring (bicyclic) bond motifs is 2. The van der Waals surface area contributed by atoms with Gasteiger partial charge in [-0.25, -0.2) is 19.9 Å². The van der Waals surface area contributed by atoms with Crippen LogP contribution in [0.4, 0.5) is 5.82 Å². The normalized spacial score (nSPS) is 14.0. The van der Waals surface area contributed by atoms with E-state index in [1.807, 2.05) is 6.20 Å². The molecule has 0 N–H and O–H groups in total. The third kappa shape index (κ3) is 2.57. The van der Waals surface area contributed by atoms with Crippen molar-refractivity contribution in [3.8, 4) is 0 Å². The van der Waals surface area contributed by atoms with Crippen molar-refractivity contribution < 1.29 is 0 Å². The molecule has 23 heavy (non-hydrogen) atoms. The predicted octanol–water partition coefficient (Wildman–Crippen LogP) is 3.51. The molecule has 3 aromatic rings. The molecule has 0 bridgehead atoms. The van der Waals surface area contributed by atoms with Gasteiger partial charge in [0.15, 0.2) is 5.82 Å². The van der Waals surface area contributed by atoms with Gasteiger partial charge in [0.1, 0.15) is 12.2 Å². The Morgan fingerprint density at radius 1 is 1.22 bits per heavy atom. The summed E-state index contributed by atoms with van der Waals surface area (Å²) in [5.41, 5.74) is 4.61. The first kappa shape index (κ1) is 14.5. The fourth-order valence-corrected chi connectivity index (χ4v) is 4.01. The van der Waals surface area contributed by atoms with E-state index in [1.165, 1.54) is 11.1 Å². The van der Waals surface area contributed by atoms with Crippen LogP contribution in [-0.2, 0) is 19.5 Å². The van der Waals surface area contributed by atoms with Crippen LogP contribution in [0.3, 0.4) is 0 Å². The first-order valence-electron chi connectivity index (χ1n) is 7.89. The van der Waals surface area contributed by atoms with Crippen molar-refractivity contribution in [2.45, 2.75) is 40.3 Å². The van der Waals surface area contributed by atoms with E-state index in [-0.39, 0.29) is 0 Å². The Hall–Kier alpha value is -2.08. The van der Waals surface area contributed by atoms with Crippen LogP contribution in [0.5, 0.6) is 0 Å². The molecule has 0 amide bonds. The first-order chi connectivity index (χ1) is 11.1. The van der Waals surface area contributed by atoms with Gasteiger partial charge in [0.05, 0.1) is 22.5 Å². The average molecular weight is 325 g/mol. The highest BCUT2D eigenvalue weighted by atomic mass is 32.1. The molecule has 4 heterocycles. The lowest BCUT2D eigenvalue weighted by Crippen LogP contribution is -2.16.